The van der Waals surface area contributed by atoms with Crippen molar-refractivity contribution < 1.29 is 17.9 Å². The van der Waals surface area contributed by atoms with Gasteiger partial charge >= 0.3 is 0 Å². The first-order valence-corrected chi connectivity index (χ1v) is 9.09. The van der Waals surface area contributed by atoms with Gasteiger partial charge in [-0.05, 0) is 31.9 Å². The van der Waals surface area contributed by atoms with Crippen molar-refractivity contribution in [2.75, 3.05) is 36.9 Å². The van der Waals surface area contributed by atoms with Crippen molar-refractivity contribution in [3.05, 3.63) is 29.8 Å². The maximum Gasteiger partial charge on any atom is 0.240 e. The molecule has 6 nitrogen and oxygen atoms in total. The molecule has 1 aromatic rings. The van der Waals surface area contributed by atoms with E-state index < -0.39 is 10.0 Å². The Bertz CT molecular complexity index is 587. The van der Waals surface area contributed by atoms with Crippen molar-refractivity contribution in [3.63, 3.8) is 0 Å². The molecule has 0 aromatic heterocycles. The predicted molar refractivity (Wildman–Crippen MR) is 87.5 cm³/mol. The first kappa shape index (κ1) is 18.4. The zero-order chi connectivity index (χ0) is 16.6. The van der Waals surface area contributed by atoms with Gasteiger partial charge in [-0.25, -0.2) is 8.42 Å². The quantitative estimate of drug-likeness (QED) is 0.693. The number of anilines is 1. The van der Waals surface area contributed by atoms with Gasteiger partial charge in [0.15, 0.2) is 0 Å². The lowest BCUT2D eigenvalue weighted by Gasteiger charge is -2.23. The number of benzene rings is 1. The number of amides is 1. The molecule has 1 N–H and O–H groups in total. The Kier molecular flexibility index (Phi) is 7.34. The van der Waals surface area contributed by atoms with Gasteiger partial charge in [0, 0.05) is 19.8 Å². The third kappa shape index (κ3) is 6.03. The Hall–Kier alpha value is -1.60. The maximum atomic E-state index is 12.0. The van der Waals surface area contributed by atoms with E-state index in [1.807, 2.05) is 26.0 Å². The van der Waals surface area contributed by atoms with Crippen molar-refractivity contribution >= 4 is 21.6 Å². The lowest BCUT2D eigenvalue weighted by atomic mass is 10.2. The largest absolute Gasteiger partial charge is 0.382 e. The Morgan fingerprint density at radius 2 is 2.00 bits per heavy atom. The molecule has 0 fully saturated rings. The van der Waals surface area contributed by atoms with Crippen LogP contribution in [0, 0.1) is 6.92 Å². The molecular formula is C15H24N2O4S. The third-order valence-electron chi connectivity index (χ3n) is 3.06. The number of nitrogens with one attached hydrogen (secondary N) is 1. The van der Waals surface area contributed by atoms with Crippen LogP contribution in [0.1, 0.15) is 18.9 Å². The Balaban J connectivity index is 2.68. The van der Waals surface area contributed by atoms with Crippen LogP contribution in [-0.4, -0.2) is 46.9 Å². The first-order chi connectivity index (χ1) is 10.4. The number of hydrogen-bond acceptors (Lipinski definition) is 4. The molecule has 0 aliphatic heterocycles. The topological polar surface area (TPSA) is 75.7 Å². The zero-order valence-electron chi connectivity index (χ0n) is 13.3. The molecule has 0 saturated heterocycles. The van der Waals surface area contributed by atoms with Gasteiger partial charge in [0.25, 0.3) is 0 Å². The summed E-state index contributed by atoms with van der Waals surface area (Å²) >= 11 is 0. The van der Waals surface area contributed by atoms with Gasteiger partial charge in [-0.1, -0.05) is 18.2 Å². The second-order valence-electron chi connectivity index (χ2n) is 4.96. The summed E-state index contributed by atoms with van der Waals surface area (Å²) in [6, 6.07) is 7.08. The molecule has 0 saturated carbocycles. The molecule has 0 radical (unpaired) electrons. The van der Waals surface area contributed by atoms with Crippen LogP contribution < -0.4 is 9.62 Å². The summed E-state index contributed by atoms with van der Waals surface area (Å²) in [5.74, 6) is -0.329. The molecule has 0 heterocycles. The van der Waals surface area contributed by atoms with Crippen molar-refractivity contribution in [1.29, 1.82) is 0 Å². The molecular weight excluding hydrogens is 304 g/mol. The molecule has 0 unspecified atom stereocenters. The first-order valence-electron chi connectivity index (χ1n) is 7.24. The van der Waals surface area contributed by atoms with Crippen LogP contribution in [0.25, 0.3) is 0 Å². The van der Waals surface area contributed by atoms with E-state index >= 15 is 0 Å². The van der Waals surface area contributed by atoms with Gasteiger partial charge in [-0.15, -0.1) is 0 Å². The third-order valence-corrected chi connectivity index (χ3v) is 4.19. The number of ether oxygens (including phenoxy) is 1. The van der Waals surface area contributed by atoms with Crippen molar-refractivity contribution in [3.8, 4) is 0 Å². The second kappa shape index (κ2) is 8.75. The molecule has 0 spiro atoms. The molecule has 1 rings (SSSR count). The summed E-state index contributed by atoms with van der Waals surface area (Å²) in [4.78, 5) is 12.0. The summed E-state index contributed by atoms with van der Waals surface area (Å²) in [5.41, 5.74) is 1.33. The molecule has 1 amide bonds. The van der Waals surface area contributed by atoms with Gasteiger partial charge < -0.3 is 10.1 Å². The number of nitrogens with zero attached hydrogens (tertiary/aromatic N) is 1. The fraction of sp³-hybridized carbons (Fsp3) is 0.533. The van der Waals surface area contributed by atoms with Crippen LogP contribution in [0.3, 0.4) is 0 Å². The normalized spacial score (nSPS) is 11.2. The monoisotopic (exact) mass is 328 g/mol. The predicted octanol–water partition coefficient (Wildman–Crippen LogP) is 1.30. The van der Waals surface area contributed by atoms with Gasteiger partial charge in [0.1, 0.15) is 6.54 Å². The van der Waals surface area contributed by atoms with E-state index in [9.17, 15) is 13.2 Å². The zero-order valence-corrected chi connectivity index (χ0v) is 14.1. The summed E-state index contributed by atoms with van der Waals surface area (Å²) in [7, 11) is -3.53. The summed E-state index contributed by atoms with van der Waals surface area (Å²) in [5, 5.41) is 2.71. The minimum absolute atomic E-state index is 0.224. The van der Waals surface area contributed by atoms with E-state index in [1.165, 1.54) is 0 Å². The molecule has 1 aromatic carbocycles. The molecule has 0 aliphatic rings. The van der Waals surface area contributed by atoms with Crippen molar-refractivity contribution in [1.82, 2.24) is 5.32 Å². The maximum absolute atomic E-state index is 12.0. The lowest BCUT2D eigenvalue weighted by Crippen LogP contribution is -2.41. The van der Waals surface area contributed by atoms with Gasteiger partial charge in [-0.3, -0.25) is 9.10 Å². The van der Waals surface area contributed by atoms with E-state index in [0.29, 0.717) is 31.9 Å². The van der Waals surface area contributed by atoms with Gasteiger partial charge in [-0.2, -0.15) is 0 Å². The highest BCUT2D eigenvalue weighted by atomic mass is 32.2. The molecule has 0 bridgehead atoms. The number of sulfonamides is 1. The summed E-state index contributed by atoms with van der Waals surface area (Å²) < 4.78 is 30.2. The Labute approximate surface area is 132 Å². The second-order valence-corrected chi connectivity index (χ2v) is 6.86. The summed E-state index contributed by atoms with van der Waals surface area (Å²) in [6.07, 6.45) is 1.80. The standard InChI is InChI=1S/C15H24N2O4S/c1-4-21-11-7-10-16-15(18)12-17(22(3,19)20)14-9-6-5-8-13(14)2/h5-6,8-9H,4,7,10-12H2,1-3H3,(H,16,18). The highest BCUT2D eigenvalue weighted by Crippen LogP contribution is 2.21. The van der Waals surface area contributed by atoms with Crippen LogP contribution in [-0.2, 0) is 19.6 Å². The number of carbonyl (C=O) groups is 1. The molecule has 22 heavy (non-hydrogen) atoms. The molecule has 124 valence electrons. The average molecular weight is 328 g/mol. The van der Waals surface area contributed by atoms with E-state index in [4.69, 9.17) is 4.74 Å². The van der Waals surface area contributed by atoms with Gasteiger partial charge in [0.05, 0.1) is 11.9 Å². The number of hydrogen-bond donors (Lipinski definition) is 1. The number of carbonyl (C=O) groups excluding carboxylic acids is 1. The smallest absolute Gasteiger partial charge is 0.240 e. The summed E-state index contributed by atoms with van der Waals surface area (Å²) in [6.45, 7) is 5.17. The Morgan fingerprint density at radius 1 is 1.32 bits per heavy atom. The van der Waals surface area contributed by atoms with Crippen molar-refractivity contribution in [2.45, 2.75) is 20.3 Å². The number of rotatable bonds is 9. The van der Waals surface area contributed by atoms with Crippen molar-refractivity contribution in [2.24, 2.45) is 0 Å². The van der Waals surface area contributed by atoms with Crippen LogP contribution in [0.5, 0.6) is 0 Å². The SMILES string of the molecule is CCOCCCNC(=O)CN(c1ccccc1C)S(C)(=O)=O. The highest BCUT2D eigenvalue weighted by molar-refractivity contribution is 7.92. The van der Waals surface area contributed by atoms with E-state index in [-0.39, 0.29) is 12.5 Å². The molecule has 0 aliphatic carbocycles. The van der Waals surface area contributed by atoms with Crippen LogP contribution >= 0.6 is 0 Å². The Morgan fingerprint density at radius 3 is 2.59 bits per heavy atom. The van der Waals surface area contributed by atoms with Crippen LogP contribution in [0.4, 0.5) is 5.69 Å². The van der Waals surface area contributed by atoms with E-state index in [0.717, 1.165) is 16.1 Å². The fourth-order valence-corrected chi connectivity index (χ4v) is 2.87. The minimum Gasteiger partial charge on any atom is -0.382 e. The number of para-hydroxylation sites is 1. The minimum atomic E-state index is -3.53. The highest BCUT2D eigenvalue weighted by Gasteiger charge is 2.21. The average Bonchev–Trinajstić information content (AvgIpc) is 2.44. The van der Waals surface area contributed by atoms with E-state index in [1.54, 1.807) is 12.1 Å². The van der Waals surface area contributed by atoms with Gasteiger partial charge in [0.2, 0.25) is 15.9 Å². The molecule has 7 heteroatoms. The van der Waals surface area contributed by atoms with Crippen LogP contribution in [0.2, 0.25) is 0 Å². The van der Waals surface area contributed by atoms with Crippen LogP contribution in [0.15, 0.2) is 24.3 Å². The fourth-order valence-electron chi connectivity index (χ4n) is 1.96. The molecule has 0 atom stereocenters. The lowest BCUT2D eigenvalue weighted by molar-refractivity contribution is -0.119. The number of aryl methyl sites for hydroxylation is 1. The van der Waals surface area contributed by atoms with E-state index in [2.05, 4.69) is 5.32 Å².